The number of allylic oxidation sites excluding steroid dienone is 1. The normalized spacial score (nSPS) is 11.2. The van der Waals surface area contributed by atoms with Crippen LogP contribution >= 0.6 is 0 Å². The first kappa shape index (κ1) is 12.8. The minimum Gasteiger partial charge on any atom is -0.466 e. The Labute approximate surface area is 99.3 Å². The van der Waals surface area contributed by atoms with E-state index >= 15 is 0 Å². The van der Waals surface area contributed by atoms with E-state index in [1.54, 1.807) is 32.0 Å². The van der Waals surface area contributed by atoms with Gasteiger partial charge in [-0.05, 0) is 30.5 Å². The van der Waals surface area contributed by atoms with Crippen molar-refractivity contribution >= 4 is 17.2 Å². The molecule has 1 aromatic carbocycles. The van der Waals surface area contributed by atoms with Gasteiger partial charge in [-0.15, -0.1) is 0 Å². The number of ether oxygens (including phenoxy) is 1. The van der Waals surface area contributed by atoms with Crippen LogP contribution in [0.2, 0.25) is 0 Å². The van der Waals surface area contributed by atoms with Crippen LogP contribution in [0.4, 0.5) is 5.69 Å². The molecule has 5 heteroatoms. The first-order chi connectivity index (χ1) is 8.11. The summed E-state index contributed by atoms with van der Waals surface area (Å²) in [7, 11) is 1.33. The van der Waals surface area contributed by atoms with E-state index in [-0.39, 0.29) is 0 Å². The van der Waals surface area contributed by atoms with Crippen LogP contribution in [0.1, 0.15) is 19.4 Å². The fourth-order valence-electron chi connectivity index (χ4n) is 1.43. The number of hydrogen-bond donors (Lipinski definition) is 0. The van der Waals surface area contributed by atoms with Gasteiger partial charge in [0.1, 0.15) is 0 Å². The predicted octanol–water partition coefficient (Wildman–Crippen LogP) is 3.59. The van der Waals surface area contributed by atoms with Crippen molar-refractivity contribution in [3.63, 3.8) is 0 Å². The highest BCUT2D eigenvalue weighted by atomic mass is 16.5. The molecule has 0 saturated heterocycles. The molecule has 0 radical (unpaired) electrons. The van der Waals surface area contributed by atoms with Gasteiger partial charge in [0.25, 0.3) is 0 Å². The standard InChI is InChI=1S/C12H13N3O2/c1-8(9(2)12(16)17-3)10-6-4-5-7-11(10)14-15-13/h4-7H,1-3H3/b9-8+. The lowest BCUT2D eigenvalue weighted by Crippen LogP contribution is -2.03. The molecular weight excluding hydrogens is 218 g/mol. The fraction of sp³-hybridized carbons (Fsp3) is 0.250. The molecule has 0 heterocycles. The summed E-state index contributed by atoms with van der Waals surface area (Å²) in [5, 5.41) is 3.59. The second-order valence-electron chi connectivity index (χ2n) is 3.45. The molecule has 17 heavy (non-hydrogen) atoms. The molecule has 0 fully saturated rings. The highest BCUT2D eigenvalue weighted by molar-refractivity contribution is 5.97. The Balaban J connectivity index is 3.33. The Hall–Kier alpha value is -2.26. The zero-order valence-corrected chi connectivity index (χ0v) is 9.97. The Morgan fingerprint density at radius 2 is 2.00 bits per heavy atom. The van der Waals surface area contributed by atoms with Crippen molar-refractivity contribution in [1.29, 1.82) is 0 Å². The second-order valence-corrected chi connectivity index (χ2v) is 3.45. The van der Waals surface area contributed by atoms with E-state index in [2.05, 4.69) is 14.8 Å². The van der Waals surface area contributed by atoms with Gasteiger partial charge in [0.15, 0.2) is 0 Å². The van der Waals surface area contributed by atoms with Gasteiger partial charge in [0.05, 0.1) is 7.11 Å². The van der Waals surface area contributed by atoms with Crippen LogP contribution in [0.25, 0.3) is 16.0 Å². The van der Waals surface area contributed by atoms with Gasteiger partial charge in [-0.25, -0.2) is 4.79 Å². The number of hydrogen-bond acceptors (Lipinski definition) is 3. The maximum Gasteiger partial charge on any atom is 0.333 e. The van der Waals surface area contributed by atoms with Gasteiger partial charge >= 0.3 is 5.97 Å². The molecule has 0 aliphatic heterocycles. The van der Waals surface area contributed by atoms with Crippen LogP contribution in [-0.2, 0) is 9.53 Å². The SMILES string of the molecule is COC(=O)/C(C)=C(\C)c1ccccc1N=[N+]=[N-]. The van der Waals surface area contributed by atoms with Gasteiger partial charge < -0.3 is 4.74 Å². The molecule has 1 aromatic rings. The highest BCUT2D eigenvalue weighted by Crippen LogP contribution is 2.28. The molecular formula is C12H13N3O2. The third-order valence-corrected chi connectivity index (χ3v) is 2.51. The minimum atomic E-state index is -0.391. The van der Waals surface area contributed by atoms with Crippen LogP contribution in [0.15, 0.2) is 35.0 Å². The predicted molar refractivity (Wildman–Crippen MR) is 65.5 cm³/mol. The van der Waals surface area contributed by atoms with E-state index in [0.29, 0.717) is 11.3 Å². The average molecular weight is 231 g/mol. The fourth-order valence-corrected chi connectivity index (χ4v) is 1.43. The summed E-state index contributed by atoms with van der Waals surface area (Å²) in [6, 6.07) is 7.09. The smallest absolute Gasteiger partial charge is 0.333 e. The lowest BCUT2D eigenvalue weighted by molar-refractivity contribution is -0.135. The topological polar surface area (TPSA) is 75.1 Å². The Bertz CT molecular complexity index is 514. The summed E-state index contributed by atoms with van der Waals surface area (Å²) < 4.78 is 4.65. The van der Waals surface area contributed by atoms with Crippen LogP contribution in [0.3, 0.4) is 0 Å². The molecule has 0 saturated carbocycles. The quantitative estimate of drug-likeness (QED) is 0.262. The van der Waals surface area contributed by atoms with Crippen molar-refractivity contribution in [3.8, 4) is 0 Å². The molecule has 5 nitrogen and oxygen atoms in total. The number of methoxy groups -OCH3 is 1. The number of carbonyl (C=O) groups is 1. The first-order valence-electron chi connectivity index (χ1n) is 5.02. The molecule has 0 aromatic heterocycles. The molecule has 1 rings (SSSR count). The highest BCUT2D eigenvalue weighted by Gasteiger charge is 2.11. The molecule has 0 unspecified atom stereocenters. The maximum atomic E-state index is 11.4. The van der Waals surface area contributed by atoms with Crippen molar-refractivity contribution in [2.45, 2.75) is 13.8 Å². The number of nitrogens with zero attached hydrogens (tertiary/aromatic N) is 3. The molecule has 0 amide bonds. The Morgan fingerprint density at radius 3 is 2.59 bits per heavy atom. The number of rotatable bonds is 3. The van der Waals surface area contributed by atoms with Crippen molar-refractivity contribution in [3.05, 3.63) is 45.8 Å². The summed E-state index contributed by atoms with van der Waals surface area (Å²) in [5.74, 6) is -0.391. The number of azide groups is 1. The maximum absolute atomic E-state index is 11.4. The zero-order valence-electron chi connectivity index (χ0n) is 9.97. The van der Waals surface area contributed by atoms with E-state index in [9.17, 15) is 4.79 Å². The molecule has 0 N–H and O–H groups in total. The first-order valence-corrected chi connectivity index (χ1v) is 5.02. The van der Waals surface area contributed by atoms with Gasteiger partial charge in [-0.1, -0.05) is 29.4 Å². The van der Waals surface area contributed by atoms with Crippen LogP contribution < -0.4 is 0 Å². The van der Waals surface area contributed by atoms with E-state index in [4.69, 9.17) is 5.53 Å². The lowest BCUT2D eigenvalue weighted by Gasteiger charge is -2.08. The van der Waals surface area contributed by atoms with Gasteiger partial charge in [-0.3, -0.25) is 0 Å². The molecule has 0 bridgehead atoms. The Kier molecular flexibility index (Phi) is 4.31. The molecule has 0 aliphatic carbocycles. The van der Waals surface area contributed by atoms with E-state index in [1.807, 2.05) is 6.07 Å². The average Bonchev–Trinajstić information content (AvgIpc) is 2.37. The monoisotopic (exact) mass is 231 g/mol. The molecule has 0 spiro atoms. The van der Waals surface area contributed by atoms with Gasteiger partial charge in [-0.2, -0.15) is 0 Å². The van der Waals surface area contributed by atoms with Crippen LogP contribution in [0, 0.1) is 0 Å². The largest absolute Gasteiger partial charge is 0.466 e. The van der Waals surface area contributed by atoms with Crippen LogP contribution in [-0.4, -0.2) is 13.1 Å². The van der Waals surface area contributed by atoms with Crippen molar-refractivity contribution in [2.75, 3.05) is 7.11 Å². The molecule has 88 valence electrons. The molecule has 0 aliphatic rings. The minimum absolute atomic E-state index is 0.391. The summed E-state index contributed by atoms with van der Waals surface area (Å²) >= 11 is 0. The molecule has 0 atom stereocenters. The second kappa shape index (κ2) is 5.72. The van der Waals surface area contributed by atoms with Crippen molar-refractivity contribution in [2.24, 2.45) is 5.11 Å². The van der Waals surface area contributed by atoms with Crippen molar-refractivity contribution in [1.82, 2.24) is 0 Å². The lowest BCUT2D eigenvalue weighted by atomic mass is 10.0. The summed E-state index contributed by atoms with van der Waals surface area (Å²) in [6.45, 7) is 3.46. The van der Waals surface area contributed by atoms with Gasteiger partial charge in [0.2, 0.25) is 0 Å². The van der Waals surface area contributed by atoms with E-state index < -0.39 is 5.97 Å². The Morgan fingerprint density at radius 1 is 1.35 bits per heavy atom. The number of benzene rings is 1. The van der Waals surface area contributed by atoms with Gasteiger partial charge in [0, 0.05) is 16.2 Å². The van der Waals surface area contributed by atoms with Crippen molar-refractivity contribution < 1.29 is 9.53 Å². The van der Waals surface area contributed by atoms with E-state index in [1.165, 1.54) is 7.11 Å². The number of esters is 1. The summed E-state index contributed by atoms with van der Waals surface area (Å²) in [6.07, 6.45) is 0. The third-order valence-electron chi connectivity index (χ3n) is 2.51. The van der Waals surface area contributed by atoms with Crippen LogP contribution in [0.5, 0.6) is 0 Å². The third kappa shape index (κ3) is 2.86. The summed E-state index contributed by atoms with van der Waals surface area (Å²) in [4.78, 5) is 14.2. The zero-order chi connectivity index (χ0) is 12.8. The number of carbonyl (C=O) groups excluding carboxylic acids is 1. The van der Waals surface area contributed by atoms with E-state index in [0.717, 1.165) is 11.1 Å². The summed E-state index contributed by atoms with van der Waals surface area (Å²) in [5.41, 5.74) is 10.9.